The minimum Gasteiger partial charge on any atom is -0.478 e. The molecule has 14 nitrogen and oxygen atoms in total. The number of aromatic carboxylic acids is 1. The molecule has 0 radical (unpaired) electrons. The molecule has 15 heteroatoms. The van der Waals surface area contributed by atoms with Gasteiger partial charge in [0, 0.05) is 69.3 Å². The molecule has 274 valence electrons. The van der Waals surface area contributed by atoms with Crippen LogP contribution in [-0.2, 0) is 19.6 Å². The van der Waals surface area contributed by atoms with Gasteiger partial charge < -0.3 is 24.5 Å². The number of hydrogen-bond donors (Lipinski definition) is 2. The number of ether oxygens (including phenoxy) is 1. The van der Waals surface area contributed by atoms with Crippen molar-refractivity contribution in [3.63, 3.8) is 0 Å². The van der Waals surface area contributed by atoms with Gasteiger partial charge in [-0.3, -0.25) is 19.3 Å². The van der Waals surface area contributed by atoms with Crippen LogP contribution in [0, 0.1) is 0 Å². The molecule has 0 bridgehead atoms. The molecule has 2 N–H and O–H groups in total. The Morgan fingerprint density at radius 3 is 2.44 bits per heavy atom. The van der Waals surface area contributed by atoms with Gasteiger partial charge in [0.2, 0.25) is 15.9 Å². The molecular weight excluding hydrogens is 689 g/mol. The van der Waals surface area contributed by atoms with E-state index < -0.39 is 33.8 Å². The summed E-state index contributed by atoms with van der Waals surface area (Å²) in [5, 5.41) is 12.9. The molecule has 0 saturated carbocycles. The van der Waals surface area contributed by atoms with Crippen LogP contribution in [0.1, 0.15) is 63.0 Å². The number of pyridine rings is 1. The van der Waals surface area contributed by atoms with Gasteiger partial charge in [-0.25, -0.2) is 18.2 Å². The van der Waals surface area contributed by atoms with Gasteiger partial charge in [-0.15, -0.1) is 0 Å². The zero-order valence-electron chi connectivity index (χ0n) is 29.1. The number of carbonyl (C=O) groups excluding carboxylic acids is 3. The van der Waals surface area contributed by atoms with Gasteiger partial charge in [-0.05, 0) is 41.7 Å². The summed E-state index contributed by atoms with van der Waals surface area (Å²) in [6, 6.07) is 13.7. The molecule has 0 aliphatic carbocycles. The molecule has 52 heavy (non-hydrogen) atoms. The largest absolute Gasteiger partial charge is 0.478 e. The van der Waals surface area contributed by atoms with Crippen molar-refractivity contribution in [2.45, 2.75) is 37.1 Å². The lowest BCUT2D eigenvalue weighted by Crippen LogP contribution is -2.51. The number of carboxylic acid groups (broad SMARTS) is 1. The maximum Gasteiger partial charge on any atom is 0.337 e. The molecule has 1 unspecified atom stereocenters. The average molecular weight is 731 g/mol. The van der Waals surface area contributed by atoms with Crippen LogP contribution >= 0.6 is 0 Å². The molecule has 0 spiro atoms. The summed E-state index contributed by atoms with van der Waals surface area (Å²) in [6.07, 6.45) is 3.61. The van der Waals surface area contributed by atoms with Crippen molar-refractivity contribution in [1.82, 2.24) is 28.8 Å². The van der Waals surface area contributed by atoms with E-state index in [4.69, 9.17) is 4.74 Å². The second-order valence-corrected chi connectivity index (χ2v) is 15.1. The first kappa shape index (κ1) is 36.8. The smallest absolute Gasteiger partial charge is 0.337 e. The standard InChI is InChI=1S/C37H42N6O8S/c1-25(2)30-20-26(8-9-27(30)24-44)31-21-28(37(47)48)22-41-23-32(39-34(31)41)36(46)43-15-14-42(52(49,50)29-6-4-3-5-7-29)12-10-33(43)35(45)38-11-13-40-16-18-51-19-17-40/h3-9,20-25,33H,10-19H2,1-2H3,(H,38,45)(H,47,48). The van der Waals surface area contributed by atoms with Crippen molar-refractivity contribution < 1.29 is 37.4 Å². The number of nitrogens with one attached hydrogen (secondary N) is 1. The van der Waals surface area contributed by atoms with Crippen LogP contribution < -0.4 is 5.32 Å². The first-order valence-corrected chi connectivity index (χ1v) is 18.7. The second-order valence-electron chi connectivity index (χ2n) is 13.2. The number of carboxylic acids is 1. The molecule has 2 aromatic carbocycles. The summed E-state index contributed by atoms with van der Waals surface area (Å²) in [5.41, 5.74) is 2.56. The third-order valence-electron chi connectivity index (χ3n) is 9.56. The summed E-state index contributed by atoms with van der Waals surface area (Å²) in [4.78, 5) is 60.4. The van der Waals surface area contributed by atoms with E-state index in [2.05, 4.69) is 15.2 Å². The quantitative estimate of drug-likeness (QED) is 0.219. The van der Waals surface area contributed by atoms with E-state index in [1.54, 1.807) is 30.3 Å². The summed E-state index contributed by atoms with van der Waals surface area (Å²) in [6.45, 7) is 7.42. The third-order valence-corrected chi connectivity index (χ3v) is 11.5. The highest BCUT2D eigenvalue weighted by atomic mass is 32.2. The van der Waals surface area contributed by atoms with Crippen LogP contribution in [0.2, 0.25) is 0 Å². The Balaban J connectivity index is 1.34. The zero-order valence-corrected chi connectivity index (χ0v) is 29.9. The van der Waals surface area contributed by atoms with E-state index in [9.17, 15) is 32.7 Å². The van der Waals surface area contributed by atoms with E-state index in [0.717, 1.165) is 24.9 Å². The first-order valence-electron chi connectivity index (χ1n) is 17.3. The predicted molar refractivity (Wildman–Crippen MR) is 192 cm³/mol. The molecule has 4 heterocycles. The van der Waals surface area contributed by atoms with Crippen LogP contribution in [-0.4, -0.2) is 126 Å². The van der Waals surface area contributed by atoms with Gasteiger partial charge in [0.1, 0.15) is 23.7 Å². The summed E-state index contributed by atoms with van der Waals surface area (Å²) >= 11 is 0. The van der Waals surface area contributed by atoms with Crippen LogP contribution in [0.5, 0.6) is 0 Å². The number of benzene rings is 2. The lowest BCUT2D eigenvalue weighted by Gasteiger charge is -2.29. The van der Waals surface area contributed by atoms with E-state index in [1.165, 1.54) is 44.2 Å². The molecule has 2 fully saturated rings. The third kappa shape index (κ3) is 7.77. The molecule has 2 aliphatic heterocycles. The van der Waals surface area contributed by atoms with Crippen molar-refractivity contribution in [1.29, 1.82) is 0 Å². The molecule has 2 aliphatic rings. The molecule has 6 rings (SSSR count). The van der Waals surface area contributed by atoms with E-state index in [1.807, 2.05) is 19.9 Å². The molecule has 1 atom stereocenters. The van der Waals surface area contributed by atoms with Crippen LogP contribution in [0.15, 0.2) is 71.9 Å². The minimum atomic E-state index is -3.92. The predicted octanol–water partition coefficient (Wildman–Crippen LogP) is 2.99. The SMILES string of the molecule is CC(C)c1cc(-c2cc(C(=O)O)cn3cc(C(=O)N4CCN(S(=O)(=O)c5ccccc5)CCC4C(=O)NCCN4CCOCC4)nc23)ccc1C=O. The number of rotatable bonds is 11. The number of nitrogens with zero attached hydrogens (tertiary/aromatic N) is 5. The Morgan fingerprint density at radius 1 is 1.00 bits per heavy atom. The average Bonchev–Trinajstić information content (AvgIpc) is 3.46. The minimum absolute atomic E-state index is 0.000895. The van der Waals surface area contributed by atoms with Crippen LogP contribution in [0.25, 0.3) is 16.8 Å². The summed E-state index contributed by atoms with van der Waals surface area (Å²) in [7, 11) is -3.92. The van der Waals surface area contributed by atoms with Gasteiger partial charge >= 0.3 is 5.97 Å². The van der Waals surface area contributed by atoms with Crippen molar-refractivity contribution in [3.05, 3.63) is 89.4 Å². The Labute approximate surface area is 302 Å². The van der Waals surface area contributed by atoms with Crippen LogP contribution in [0.4, 0.5) is 0 Å². The highest BCUT2D eigenvalue weighted by Gasteiger charge is 2.37. The van der Waals surface area contributed by atoms with Crippen molar-refractivity contribution in [3.8, 4) is 11.1 Å². The highest BCUT2D eigenvalue weighted by molar-refractivity contribution is 7.89. The Morgan fingerprint density at radius 2 is 1.75 bits per heavy atom. The fraction of sp³-hybridized carbons (Fsp3) is 0.378. The Hall–Kier alpha value is -4.96. The second kappa shape index (κ2) is 15.7. The molecule has 2 amide bonds. The lowest BCUT2D eigenvalue weighted by molar-refractivity contribution is -0.125. The van der Waals surface area contributed by atoms with Gasteiger partial charge in [0.05, 0.1) is 23.7 Å². The number of fused-ring (bicyclic) bond motifs is 1. The van der Waals surface area contributed by atoms with Gasteiger partial charge in [0.25, 0.3) is 5.91 Å². The number of morpholine rings is 1. The van der Waals surface area contributed by atoms with Gasteiger partial charge in [-0.1, -0.05) is 50.2 Å². The maximum absolute atomic E-state index is 14.4. The van der Waals surface area contributed by atoms with E-state index >= 15 is 0 Å². The molecule has 4 aromatic rings. The number of imidazole rings is 1. The normalized spacial score (nSPS) is 17.6. The molecule has 2 saturated heterocycles. The van der Waals surface area contributed by atoms with E-state index in [0.29, 0.717) is 48.6 Å². The summed E-state index contributed by atoms with van der Waals surface area (Å²) < 4.78 is 35.4. The first-order chi connectivity index (χ1) is 25.0. The van der Waals surface area contributed by atoms with Gasteiger partial charge in [0.15, 0.2) is 0 Å². The molecular formula is C37H42N6O8S. The fourth-order valence-corrected chi connectivity index (χ4v) is 8.18. The number of amides is 2. The fourth-order valence-electron chi connectivity index (χ4n) is 6.71. The number of carbonyl (C=O) groups is 4. The maximum atomic E-state index is 14.4. The zero-order chi connectivity index (χ0) is 37.0. The Bertz CT molecular complexity index is 2080. The van der Waals surface area contributed by atoms with E-state index in [-0.39, 0.29) is 48.1 Å². The monoisotopic (exact) mass is 730 g/mol. The topological polar surface area (TPSA) is 171 Å². The Kier molecular flexibility index (Phi) is 11.1. The van der Waals surface area contributed by atoms with Gasteiger partial charge in [-0.2, -0.15) is 4.31 Å². The number of sulfonamides is 1. The highest BCUT2D eigenvalue weighted by Crippen LogP contribution is 2.31. The number of aldehydes is 1. The van der Waals surface area contributed by atoms with Crippen molar-refractivity contribution >= 4 is 39.7 Å². The van der Waals surface area contributed by atoms with Crippen LogP contribution in [0.3, 0.4) is 0 Å². The van der Waals surface area contributed by atoms with Crippen molar-refractivity contribution in [2.24, 2.45) is 0 Å². The van der Waals surface area contributed by atoms with Crippen molar-refractivity contribution in [2.75, 3.05) is 59.0 Å². The summed E-state index contributed by atoms with van der Waals surface area (Å²) in [5.74, 6) is -2.19. The molecule has 2 aromatic heterocycles. The number of hydrogen-bond acceptors (Lipinski definition) is 9. The number of aromatic nitrogens is 2. The lowest BCUT2D eigenvalue weighted by atomic mass is 9.93.